The highest BCUT2D eigenvalue weighted by Gasteiger charge is 2.18. The quantitative estimate of drug-likeness (QED) is 0.822. The topological polar surface area (TPSA) is 82.2 Å². The predicted molar refractivity (Wildman–Crippen MR) is 90.9 cm³/mol. The summed E-state index contributed by atoms with van der Waals surface area (Å²) in [5.74, 6) is 0.592. The molecule has 0 atom stereocenters. The SMILES string of the molecule is CCCn1nc(C)c(C(=O)Nc2ccc(OCCN)cc2)c1C. The van der Waals surface area contributed by atoms with E-state index < -0.39 is 0 Å². The first-order valence-corrected chi connectivity index (χ1v) is 7.85. The van der Waals surface area contributed by atoms with Gasteiger partial charge in [0.15, 0.2) is 0 Å². The van der Waals surface area contributed by atoms with Crippen molar-refractivity contribution in [1.29, 1.82) is 0 Å². The van der Waals surface area contributed by atoms with Gasteiger partial charge in [0, 0.05) is 24.5 Å². The van der Waals surface area contributed by atoms with Crippen molar-refractivity contribution in [2.24, 2.45) is 5.73 Å². The van der Waals surface area contributed by atoms with Gasteiger partial charge in [-0.15, -0.1) is 0 Å². The number of amides is 1. The molecule has 0 aliphatic rings. The van der Waals surface area contributed by atoms with Gasteiger partial charge >= 0.3 is 0 Å². The van der Waals surface area contributed by atoms with E-state index >= 15 is 0 Å². The number of anilines is 1. The zero-order chi connectivity index (χ0) is 16.8. The van der Waals surface area contributed by atoms with Crippen molar-refractivity contribution >= 4 is 11.6 Å². The molecule has 0 unspecified atom stereocenters. The van der Waals surface area contributed by atoms with Crippen LogP contribution in [0.3, 0.4) is 0 Å². The van der Waals surface area contributed by atoms with Gasteiger partial charge < -0.3 is 15.8 Å². The molecular formula is C17H24N4O2. The Bertz CT molecular complexity index is 662. The van der Waals surface area contributed by atoms with Crippen molar-refractivity contribution < 1.29 is 9.53 Å². The lowest BCUT2D eigenvalue weighted by atomic mass is 10.1. The molecule has 1 amide bonds. The Kier molecular flexibility index (Phi) is 5.76. The molecule has 0 fully saturated rings. The molecule has 1 heterocycles. The smallest absolute Gasteiger partial charge is 0.259 e. The van der Waals surface area contributed by atoms with Crippen molar-refractivity contribution in [2.75, 3.05) is 18.5 Å². The lowest BCUT2D eigenvalue weighted by molar-refractivity contribution is 0.102. The van der Waals surface area contributed by atoms with E-state index in [0.29, 0.717) is 18.7 Å². The maximum Gasteiger partial charge on any atom is 0.259 e. The average molecular weight is 316 g/mol. The molecule has 3 N–H and O–H groups in total. The first-order chi connectivity index (χ1) is 11.1. The van der Waals surface area contributed by atoms with Crippen LogP contribution in [0.2, 0.25) is 0 Å². The monoisotopic (exact) mass is 316 g/mol. The van der Waals surface area contributed by atoms with Gasteiger partial charge in [0.05, 0.1) is 11.3 Å². The Hall–Kier alpha value is -2.34. The van der Waals surface area contributed by atoms with Crippen LogP contribution in [0.25, 0.3) is 0 Å². The van der Waals surface area contributed by atoms with E-state index in [-0.39, 0.29) is 5.91 Å². The standard InChI is InChI=1S/C17H24N4O2/c1-4-10-21-13(3)16(12(2)20-21)17(22)19-14-5-7-15(8-6-14)23-11-9-18/h5-8H,4,9-11,18H2,1-3H3,(H,19,22). The molecule has 124 valence electrons. The maximum absolute atomic E-state index is 12.5. The van der Waals surface area contributed by atoms with Gasteiger partial charge in [-0.2, -0.15) is 5.10 Å². The second kappa shape index (κ2) is 7.78. The second-order valence-corrected chi connectivity index (χ2v) is 5.38. The second-order valence-electron chi connectivity index (χ2n) is 5.38. The zero-order valence-electron chi connectivity index (χ0n) is 13.9. The fourth-order valence-corrected chi connectivity index (χ4v) is 2.46. The molecular weight excluding hydrogens is 292 g/mol. The van der Waals surface area contributed by atoms with Crippen molar-refractivity contribution in [3.05, 3.63) is 41.2 Å². The van der Waals surface area contributed by atoms with Crippen molar-refractivity contribution in [3.63, 3.8) is 0 Å². The lowest BCUT2D eigenvalue weighted by Gasteiger charge is -2.08. The van der Waals surface area contributed by atoms with Crippen LogP contribution in [0.4, 0.5) is 5.69 Å². The number of benzene rings is 1. The largest absolute Gasteiger partial charge is 0.492 e. The first kappa shape index (κ1) is 17.0. The van der Waals surface area contributed by atoms with Gasteiger partial charge in [-0.05, 0) is 44.5 Å². The van der Waals surface area contributed by atoms with Crippen LogP contribution in [-0.2, 0) is 6.54 Å². The van der Waals surface area contributed by atoms with Crippen LogP contribution in [0, 0.1) is 13.8 Å². The summed E-state index contributed by atoms with van der Waals surface area (Å²) in [6.07, 6.45) is 0.979. The van der Waals surface area contributed by atoms with Crippen molar-refractivity contribution in [2.45, 2.75) is 33.7 Å². The summed E-state index contributed by atoms with van der Waals surface area (Å²) in [5.41, 5.74) is 8.40. The molecule has 0 radical (unpaired) electrons. The van der Waals surface area contributed by atoms with E-state index in [1.165, 1.54) is 0 Å². The highest BCUT2D eigenvalue weighted by Crippen LogP contribution is 2.19. The van der Waals surface area contributed by atoms with Gasteiger partial charge in [0.2, 0.25) is 0 Å². The predicted octanol–water partition coefficient (Wildman–Crippen LogP) is 2.50. The summed E-state index contributed by atoms with van der Waals surface area (Å²) in [7, 11) is 0. The average Bonchev–Trinajstić information content (AvgIpc) is 2.81. The third kappa shape index (κ3) is 4.10. The molecule has 6 nitrogen and oxygen atoms in total. The summed E-state index contributed by atoms with van der Waals surface area (Å²) in [6.45, 7) is 7.63. The molecule has 0 saturated heterocycles. The highest BCUT2D eigenvalue weighted by molar-refractivity contribution is 6.05. The molecule has 1 aromatic carbocycles. The van der Waals surface area contributed by atoms with Gasteiger partial charge in [-0.3, -0.25) is 9.48 Å². The Morgan fingerprint density at radius 3 is 2.61 bits per heavy atom. The number of nitrogens with zero attached hydrogens (tertiary/aromatic N) is 2. The van der Waals surface area contributed by atoms with Crippen LogP contribution < -0.4 is 15.8 Å². The van der Waals surface area contributed by atoms with Crippen molar-refractivity contribution in [3.8, 4) is 5.75 Å². The molecule has 6 heteroatoms. The summed E-state index contributed by atoms with van der Waals surface area (Å²) in [6, 6.07) is 7.24. The summed E-state index contributed by atoms with van der Waals surface area (Å²) in [5, 5.41) is 7.34. The Balaban J connectivity index is 2.10. The Morgan fingerprint density at radius 2 is 2.00 bits per heavy atom. The summed E-state index contributed by atoms with van der Waals surface area (Å²) in [4.78, 5) is 12.5. The minimum absolute atomic E-state index is 0.141. The molecule has 0 spiro atoms. The number of aryl methyl sites for hydroxylation is 2. The number of nitrogens with two attached hydrogens (primary N) is 1. The number of carbonyl (C=O) groups is 1. The van der Waals surface area contributed by atoms with Crippen LogP contribution in [0.5, 0.6) is 5.75 Å². The summed E-state index contributed by atoms with van der Waals surface area (Å²) >= 11 is 0. The number of nitrogens with one attached hydrogen (secondary N) is 1. The molecule has 1 aromatic heterocycles. The minimum atomic E-state index is -0.141. The normalized spacial score (nSPS) is 10.6. The minimum Gasteiger partial charge on any atom is -0.492 e. The van der Waals surface area contributed by atoms with Gasteiger partial charge in [-0.25, -0.2) is 0 Å². The van der Waals surface area contributed by atoms with E-state index in [1.54, 1.807) is 0 Å². The van der Waals surface area contributed by atoms with Gasteiger partial charge in [0.25, 0.3) is 5.91 Å². The van der Waals surface area contributed by atoms with E-state index in [9.17, 15) is 4.79 Å². The van der Waals surface area contributed by atoms with E-state index in [0.717, 1.165) is 35.8 Å². The van der Waals surface area contributed by atoms with E-state index in [1.807, 2.05) is 42.8 Å². The molecule has 0 aliphatic heterocycles. The van der Waals surface area contributed by atoms with Crippen LogP contribution in [0.1, 0.15) is 35.1 Å². The molecule has 0 bridgehead atoms. The van der Waals surface area contributed by atoms with Crippen LogP contribution in [0.15, 0.2) is 24.3 Å². The van der Waals surface area contributed by atoms with E-state index in [2.05, 4.69) is 17.3 Å². The molecule has 2 aromatic rings. The first-order valence-electron chi connectivity index (χ1n) is 7.85. The zero-order valence-corrected chi connectivity index (χ0v) is 13.9. The van der Waals surface area contributed by atoms with Crippen LogP contribution in [-0.4, -0.2) is 28.8 Å². The molecule has 23 heavy (non-hydrogen) atoms. The Morgan fingerprint density at radius 1 is 1.30 bits per heavy atom. The third-order valence-electron chi connectivity index (χ3n) is 3.54. The highest BCUT2D eigenvalue weighted by atomic mass is 16.5. The maximum atomic E-state index is 12.5. The molecule has 0 aliphatic carbocycles. The molecule has 0 saturated carbocycles. The fraction of sp³-hybridized carbons (Fsp3) is 0.412. The number of hydrogen-bond donors (Lipinski definition) is 2. The number of rotatable bonds is 7. The summed E-state index contributed by atoms with van der Waals surface area (Å²) < 4.78 is 7.30. The fourth-order valence-electron chi connectivity index (χ4n) is 2.46. The third-order valence-corrected chi connectivity index (χ3v) is 3.54. The Labute approximate surface area is 136 Å². The number of ether oxygens (including phenoxy) is 1. The van der Waals surface area contributed by atoms with E-state index in [4.69, 9.17) is 10.5 Å². The van der Waals surface area contributed by atoms with Crippen molar-refractivity contribution in [1.82, 2.24) is 9.78 Å². The number of hydrogen-bond acceptors (Lipinski definition) is 4. The van der Waals surface area contributed by atoms with Gasteiger partial charge in [-0.1, -0.05) is 6.92 Å². The van der Waals surface area contributed by atoms with Crippen LogP contribution >= 0.6 is 0 Å². The van der Waals surface area contributed by atoms with Gasteiger partial charge in [0.1, 0.15) is 12.4 Å². The molecule has 2 rings (SSSR count). The lowest BCUT2D eigenvalue weighted by Crippen LogP contribution is -2.14. The number of carbonyl (C=O) groups excluding carboxylic acids is 1. The number of aromatic nitrogens is 2.